The summed E-state index contributed by atoms with van der Waals surface area (Å²) in [7, 11) is 0. The second-order valence-corrected chi connectivity index (χ2v) is 9.89. The molecule has 0 fully saturated rings. The third-order valence-electron chi connectivity index (χ3n) is 5.57. The van der Waals surface area contributed by atoms with Crippen LogP contribution in [0.25, 0.3) is 0 Å². The van der Waals surface area contributed by atoms with Gasteiger partial charge in [-0.1, -0.05) is 12.1 Å². The maximum atomic E-state index is 13.2. The zero-order chi connectivity index (χ0) is 30.2. The summed E-state index contributed by atoms with van der Waals surface area (Å²) >= 11 is 1.44. The van der Waals surface area contributed by atoms with Crippen molar-refractivity contribution in [3.8, 4) is 5.75 Å². The summed E-state index contributed by atoms with van der Waals surface area (Å²) in [5.41, 5.74) is 22.4. The van der Waals surface area contributed by atoms with E-state index >= 15 is 0 Å². The number of carbonyl (C=O) groups is 5. The number of aliphatic imine (C=N–C) groups is 1. The molecule has 0 saturated carbocycles. The Morgan fingerprint density at radius 2 is 1.45 bits per heavy atom. The molecule has 16 heteroatoms. The van der Waals surface area contributed by atoms with Gasteiger partial charge < -0.3 is 49.1 Å². The number of nitrogens with two attached hydrogens (primary N) is 4. The summed E-state index contributed by atoms with van der Waals surface area (Å²) < 4.78 is 0. The lowest BCUT2D eigenvalue weighted by molar-refractivity contribution is -0.143. The van der Waals surface area contributed by atoms with E-state index in [1.807, 2.05) is 6.26 Å². The van der Waals surface area contributed by atoms with E-state index in [-0.39, 0.29) is 43.9 Å². The van der Waals surface area contributed by atoms with Crippen LogP contribution in [0.2, 0.25) is 0 Å². The molecule has 1 aromatic carbocycles. The molecule has 15 nitrogen and oxygen atoms in total. The molecule has 0 saturated heterocycles. The van der Waals surface area contributed by atoms with Gasteiger partial charge in [-0.05, 0) is 55.4 Å². The Morgan fingerprint density at radius 3 is 1.98 bits per heavy atom. The lowest BCUT2D eigenvalue weighted by atomic mass is 10.0. The molecular weight excluding hydrogens is 544 g/mol. The summed E-state index contributed by atoms with van der Waals surface area (Å²) in [6.07, 6.45) is 1.78. The van der Waals surface area contributed by atoms with Gasteiger partial charge in [0.05, 0.1) is 12.5 Å². The van der Waals surface area contributed by atoms with E-state index in [4.69, 9.17) is 22.9 Å². The number of carboxylic acids is 1. The summed E-state index contributed by atoms with van der Waals surface area (Å²) in [5, 5.41) is 26.1. The number of carbonyl (C=O) groups excluding carboxylic acids is 4. The highest BCUT2D eigenvalue weighted by Gasteiger charge is 2.30. The number of thioether (sulfide) groups is 1. The molecular formula is C24H38N8O7S. The van der Waals surface area contributed by atoms with Crippen LogP contribution in [0.3, 0.4) is 0 Å². The van der Waals surface area contributed by atoms with Crippen LogP contribution < -0.4 is 38.9 Å². The van der Waals surface area contributed by atoms with E-state index in [1.54, 1.807) is 12.1 Å². The second kappa shape index (κ2) is 17.5. The van der Waals surface area contributed by atoms with Crippen LogP contribution in [0, 0.1) is 0 Å². The van der Waals surface area contributed by atoms with Crippen LogP contribution in [-0.2, 0) is 30.4 Å². The zero-order valence-corrected chi connectivity index (χ0v) is 23.0. The molecule has 0 aliphatic carbocycles. The maximum Gasteiger partial charge on any atom is 0.326 e. The number of carboxylic acid groups (broad SMARTS) is 1. The average Bonchev–Trinajstić information content (AvgIpc) is 2.88. The standard InChI is InChI=1S/C24H38N8O7S/c1-40-10-8-17(30-20(35)15(25)11-13-4-6-14(33)7-5-13)22(37)31-16(3-2-9-29-24(27)28)21(36)32-18(23(38)39)12-19(26)34/h4-7,15-18,33H,2-3,8-12,25H2,1H3,(H2,26,34)(H,30,35)(H,31,37)(H,32,36)(H,38,39)(H4,27,28,29). The molecule has 0 aliphatic heterocycles. The van der Waals surface area contributed by atoms with Gasteiger partial charge in [0.1, 0.15) is 23.9 Å². The van der Waals surface area contributed by atoms with E-state index in [0.29, 0.717) is 11.3 Å². The Bertz CT molecular complexity index is 1050. The molecule has 13 N–H and O–H groups in total. The molecule has 4 atom stereocenters. The fourth-order valence-electron chi connectivity index (χ4n) is 3.48. The SMILES string of the molecule is CSCCC(NC(=O)C(N)Cc1ccc(O)cc1)C(=O)NC(CCCN=C(N)N)C(=O)NC(CC(N)=O)C(=O)O. The third-order valence-corrected chi connectivity index (χ3v) is 6.21. The van der Waals surface area contributed by atoms with Crippen LogP contribution in [-0.4, -0.2) is 88.5 Å². The number of guanidine groups is 1. The van der Waals surface area contributed by atoms with Crippen LogP contribution in [0.15, 0.2) is 29.3 Å². The van der Waals surface area contributed by atoms with Crippen molar-refractivity contribution in [3.63, 3.8) is 0 Å². The van der Waals surface area contributed by atoms with Crippen LogP contribution in [0.1, 0.15) is 31.2 Å². The Balaban J connectivity index is 3.02. The molecule has 1 aromatic rings. The number of phenolic OH excluding ortho intramolecular Hbond substituents is 1. The first kappa shape index (κ1) is 34.0. The molecule has 0 radical (unpaired) electrons. The fraction of sp³-hybridized carbons (Fsp3) is 0.500. The van der Waals surface area contributed by atoms with Gasteiger partial charge in [0, 0.05) is 6.54 Å². The van der Waals surface area contributed by atoms with Crippen LogP contribution in [0.5, 0.6) is 5.75 Å². The van der Waals surface area contributed by atoms with Gasteiger partial charge in [0.15, 0.2) is 5.96 Å². The Kier molecular flexibility index (Phi) is 14.9. The van der Waals surface area contributed by atoms with Crippen molar-refractivity contribution in [2.45, 2.75) is 56.3 Å². The second-order valence-electron chi connectivity index (χ2n) is 8.90. The predicted molar refractivity (Wildman–Crippen MR) is 150 cm³/mol. The minimum Gasteiger partial charge on any atom is -0.508 e. The van der Waals surface area contributed by atoms with E-state index in [1.165, 1.54) is 23.9 Å². The van der Waals surface area contributed by atoms with Crippen molar-refractivity contribution in [1.82, 2.24) is 16.0 Å². The Labute approximate surface area is 235 Å². The van der Waals surface area contributed by atoms with Crippen molar-refractivity contribution < 1.29 is 34.2 Å². The van der Waals surface area contributed by atoms with Gasteiger partial charge in [0.2, 0.25) is 23.6 Å². The minimum atomic E-state index is -1.60. The largest absolute Gasteiger partial charge is 0.508 e. The number of hydrogen-bond donors (Lipinski definition) is 9. The van der Waals surface area contributed by atoms with Gasteiger partial charge in [-0.25, -0.2) is 4.79 Å². The molecule has 222 valence electrons. The normalized spacial score (nSPS) is 13.7. The van der Waals surface area contributed by atoms with Crippen molar-refractivity contribution in [2.75, 3.05) is 18.6 Å². The molecule has 0 spiro atoms. The van der Waals surface area contributed by atoms with E-state index < -0.39 is 60.2 Å². The molecule has 0 bridgehead atoms. The number of rotatable bonds is 18. The summed E-state index contributed by atoms with van der Waals surface area (Å²) in [5.74, 6) is -4.19. The van der Waals surface area contributed by atoms with Crippen LogP contribution in [0.4, 0.5) is 0 Å². The van der Waals surface area contributed by atoms with Gasteiger partial charge in [-0.2, -0.15) is 11.8 Å². The lowest BCUT2D eigenvalue weighted by Gasteiger charge is -2.25. The van der Waals surface area contributed by atoms with E-state index in [9.17, 15) is 34.2 Å². The van der Waals surface area contributed by atoms with Crippen molar-refractivity contribution in [1.29, 1.82) is 0 Å². The Hall–Kier alpha value is -4.05. The highest BCUT2D eigenvalue weighted by molar-refractivity contribution is 7.98. The number of amides is 4. The Morgan fingerprint density at radius 1 is 0.900 bits per heavy atom. The topological polar surface area (TPSA) is 278 Å². The molecule has 40 heavy (non-hydrogen) atoms. The zero-order valence-electron chi connectivity index (χ0n) is 22.2. The maximum absolute atomic E-state index is 13.2. The van der Waals surface area contributed by atoms with Crippen LogP contribution >= 0.6 is 11.8 Å². The molecule has 0 heterocycles. The highest BCUT2D eigenvalue weighted by atomic mass is 32.2. The lowest BCUT2D eigenvalue weighted by Crippen LogP contribution is -2.57. The van der Waals surface area contributed by atoms with Crippen molar-refractivity contribution in [2.24, 2.45) is 27.9 Å². The number of nitrogens with one attached hydrogen (secondary N) is 3. The quantitative estimate of drug-likeness (QED) is 0.0495. The average molecular weight is 583 g/mol. The summed E-state index contributed by atoms with van der Waals surface area (Å²) in [6.45, 7) is 0.129. The first-order valence-corrected chi connectivity index (χ1v) is 13.7. The molecule has 1 rings (SSSR count). The summed E-state index contributed by atoms with van der Waals surface area (Å²) in [6, 6.07) is 1.26. The highest BCUT2D eigenvalue weighted by Crippen LogP contribution is 2.11. The van der Waals surface area contributed by atoms with Crippen molar-refractivity contribution in [3.05, 3.63) is 29.8 Å². The number of hydrogen-bond acceptors (Lipinski definition) is 9. The first-order chi connectivity index (χ1) is 18.8. The predicted octanol–water partition coefficient (Wildman–Crippen LogP) is -2.52. The van der Waals surface area contributed by atoms with Crippen molar-refractivity contribution >= 4 is 47.3 Å². The molecule has 4 unspecified atom stereocenters. The third kappa shape index (κ3) is 13.1. The molecule has 0 aromatic heterocycles. The molecule has 4 amide bonds. The first-order valence-electron chi connectivity index (χ1n) is 12.3. The van der Waals surface area contributed by atoms with Gasteiger partial charge >= 0.3 is 5.97 Å². The van der Waals surface area contributed by atoms with Gasteiger partial charge in [-0.15, -0.1) is 0 Å². The van der Waals surface area contributed by atoms with E-state index in [0.717, 1.165) is 0 Å². The molecule has 0 aliphatic rings. The number of aliphatic carboxylic acids is 1. The van der Waals surface area contributed by atoms with E-state index in [2.05, 4.69) is 20.9 Å². The number of phenols is 1. The van der Waals surface area contributed by atoms with Gasteiger partial charge in [-0.3, -0.25) is 24.2 Å². The number of primary amides is 1. The monoisotopic (exact) mass is 582 g/mol. The fourth-order valence-corrected chi connectivity index (χ4v) is 3.95. The summed E-state index contributed by atoms with van der Waals surface area (Å²) in [4.78, 5) is 65.5. The van der Waals surface area contributed by atoms with Gasteiger partial charge in [0.25, 0.3) is 0 Å². The smallest absolute Gasteiger partial charge is 0.326 e. The number of nitrogens with zero attached hydrogens (tertiary/aromatic N) is 1. The number of aromatic hydroxyl groups is 1. The number of benzene rings is 1. The minimum absolute atomic E-state index is 0.0147.